The highest BCUT2D eigenvalue weighted by atomic mass is 32.2. The summed E-state index contributed by atoms with van der Waals surface area (Å²) in [4.78, 5) is 33.0. The molecule has 0 aliphatic heterocycles. The maximum absolute atomic E-state index is 11.3. The minimum Gasteiger partial charge on any atom is -0.481 e. The number of amides is 3. The predicted molar refractivity (Wildman–Crippen MR) is 70.6 cm³/mol. The molecule has 0 saturated heterocycles. The molecule has 0 rings (SSSR count). The maximum atomic E-state index is 11.3. The van der Waals surface area contributed by atoms with Crippen LogP contribution in [0.3, 0.4) is 0 Å². The van der Waals surface area contributed by atoms with Gasteiger partial charge in [0.25, 0.3) is 0 Å². The zero-order valence-corrected chi connectivity index (χ0v) is 11.7. The molecule has 3 amide bonds. The first-order valence-corrected chi connectivity index (χ1v) is 6.77. The molecule has 6 nitrogen and oxygen atoms in total. The SMILES string of the molecule is CC(C)CNC(=O)NC(=O)CSC(C)CC(=O)O. The van der Waals surface area contributed by atoms with Crippen LogP contribution in [0.2, 0.25) is 0 Å². The number of urea groups is 1. The average Bonchev–Trinajstić information content (AvgIpc) is 2.22. The third-order valence-corrected chi connectivity index (χ3v) is 3.05. The Hall–Kier alpha value is -1.24. The molecule has 0 heterocycles. The fourth-order valence-electron chi connectivity index (χ4n) is 1.03. The Kier molecular flexibility index (Phi) is 8.19. The predicted octanol–water partition coefficient (Wildman–Crippen LogP) is 1.06. The molecule has 0 aliphatic rings. The molecule has 1 atom stereocenters. The van der Waals surface area contributed by atoms with Gasteiger partial charge in [-0.1, -0.05) is 20.8 Å². The summed E-state index contributed by atoms with van der Waals surface area (Å²) in [7, 11) is 0. The van der Waals surface area contributed by atoms with Crippen LogP contribution in [0.4, 0.5) is 4.79 Å². The number of carboxylic acid groups (broad SMARTS) is 1. The number of hydrogen-bond acceptors (Lipinski definition) is 4. The number of aliphatic carboxylic acids is 1. The van der Waals surface area contributed by atoms with Crippen LogP contribution in [0.15, 0.2) is 0 Å². The second-order valence-electron chi connectivity index (χ2n) is 4.37. The summed E-state index contributed by atoms with van der Waals surface area (Å²) in [6.07, 6.45) is -0.00249. The van der Waals surface area contributed by atoms with Gasteiger partial charge in [0.1, 0.15) is 0 Å². The van der Waals surface area contributed by atoms with Crippen molar-refractivity contribution in [2.45, 2.75) is 32.4 Å². The lowest BCUT2D eigenvalue weighted by Crippen LogP contribution is -2.41. The summed E-state index contributed by atoms with van der Waals surface area (Å²) in [5, 5.41) is 13.1. The van der Waals surface area contributed by atoms with Crippen LogP contribution < -0.4 is 10.6 Å². The molecular formula is C11H20N2O4S. The molecule has 104 valence electrons. The van der Waals surface area contributed by atoms with Gasteiger partial charge in [-0.3, -0.25) is 14.9 Å². The summed E-state index contributed by atoms with van der Waals surface area (Å²) in [6, 6.07) is -0.514. The molecule has 18 heavy (non-hydrogen) atoms. The molecule has 0 spiro atoms. The second-order valence-corrected chi connectivity index (χ2v) is 5.80. The minimum atomic E-state index is -0.898. The summed E-state index contributed by atoms with van der Waals surface area (Å²) in [6.45, 7) is 6.13. The number of carbonyl (C=O) groups is 3. The first-order valence-electron chi connectivity index (χ1n) is 5.72. The second kappa shape index (κ2) is 8.79. The monoisotopic (exact) mass is 276 g/mol. The van der Waals surface area contributed by atoms with Crippen LogP contribution in [0.25, 0.3) is 0 Å². The van der Waals surface area contributed by atoms with Crippen molar-refractivity contribution in [3.8, 4) is 0 Å². The van der Waals surface area contributed by atoms with Crippen LogP contribution in [0.5, 0.6) is 0 Å². The smallest absolute Gasteiger partial charge is 0.321 e. The summed E-state index contributed by atoms with van der Waals surface area (Å²) >= 11 is 1.21. The van der Waals surface area contributed by atoms with Crippen LogP contribution in [0, 0.1) is 5.92 Å². The van der Waals surface area contributed by atoms with Gasteiger partial charge < -0.3 is 10.4 Å². The van der Waals surface area contributed by atoms with Gasteiger partial charge in [0.05, 0.1) is 12.2 Å². The van der Waals surface area contributed by atoms with E-state index in [2.05, 4.69) is 10.6 Å². The molecular weight excluding hydrogens is 256 g/mol. The van der Waals surface area contributed by atoms with Gasteiger partial charge in [-0.15, -0.1) is 11.8 Å². The molecule has 0 aromatic carbocycles. The Morgan fingerprint density at radius 2 is 1.83 bits per heavy atom. The van der Waals surface area contributed by atoms with Crippen LogP contribution in [-0.2, 0) is 9.59 Å². The van der Waals surface area contributed by atoms with Crippen molar-refractivity contribution in [1.29, 1.82) is 0 Å². The topological polar surface area (TPSA) is 95.5 Å². The fraction of sp³-hybridized carbons (Fsp3) is 0.727. The minimum absolute atomic E-state index is 0.00249. The van der Waals surface area contributed by atoms with E-state index in [-0.39, 0.29) is 17.4 Å². The highest BCUT2D eigenvalue weighted by Gasteiger charge is 2.12. The highest BCUT2D eigenvalue weighted by Crippen LogP contribution is 2.13. The van der Waals surface area contributed by atoms with Gasteiger partial charge in [-0.2, -0.15) is 0 Å². The first-order chi connectivity index (χ1) is 8.31. The number of hydrogen-bond donors (Lipinski definition) is 3. The molecule has 0 bridgehead atoms. The number of nitrogens with one attached hydrogen (secondary N) is 2. The summed E-state index contributed by atoms with van der Waals surface area (Å²) in [5.74, 6) is -0.928. The van der Waals surface area contributed by atoms with Gasteiger partial charge in [-0.05, 0) is 5.92 Å². The van der Waals surface area contributed by atoms with Crippen molar-refractivity contribution in [2.75, 3.05) is 12.3 Å². The van der Waals surface area contributed by atoms with Crippen molar-refractivity contribution in [3.05, 3.63) is 0 Å². The molecule has 0 fully saturated rings. The zero-order chi connectivity index (χ0) is 14.1. The van der Waals surface area contributed by atoms with Crippen molar-refractivity contribution in [3.63, 3.8) is 0 Å². The van der Waals surface area contributed by atoms with Gasteiger partial charge >= 0.3 is 12.0 Å². The van der Waals surface area contributed by atoms with Crippen LogP contribution >= 0.6 is 11.8 Å². The number of carboxylic acids is 1. The third kappa shape index (κ3) is 9.95. The average molecular weight is 276 g/mol. The molecule has 0 aliphatic carbocycles. The lowest BCUT2D eigenvalue weighted by atomic mass is 10.2. The summed E-state index contributed by atoms with van der Waals surface area (Å²) < 4.78 is 0. The van der Waals surface area contributed by atoms with E-state index in [4.69, 9.17) is 5.11 Å². The van der Waals surface area contributed by atoms with Crippen molar-refractivity contribution in [2.24, 2.45) is 5.92 Å². The Balaban J connectivity index is 3.76. The van der Waals surface area contributed by atoms with E-state index in [0.717, 1.165) is 0 Å². The van der Waals surface area contributed by atoms with E-state index in [1.807, 2.05) is 13.8 Å². The molecule has 7 heteroatoms. The number of carbonyl (C=O) groups excluding carboxylic acids is 2. The molecule has 0 radical (unpaired) electrons. The van der Waals surface area contributed by atoms with Crippen molar-refractivity contribution >= 4 is 29.7 Å². The van der Waals surface area contributed by atoms with Crippen LogP contribution in [0.1, 0.15) is 27.2 Å². The van der Waals surface area contributed by atoms with Crippen molar-refractivity contribution < 1.29 is 19.5 Å². The molecule has 0 aromatic rings. The van der Waals surface area contributed by atoms with Crippen molar-refractivity contribution in [1.82, 2.24) is 10.6 Å². The molecule has 1 unspecified atom stereocenters. The number of rotatable bonds is 7. The van der Waals surface area contributed by atoms with E-state index in [9.17, 15) is 14.4 Å². The Labute approximate surface area is 111 Å². The molecule has 3 N–H and O–H groups in total. The van der Waals surface area contributed by atoms with Crippen LogP contribution in [-0.4, -0.2) is 40.6 Å². The lowest BCUT2D eigenvalue weighted by Gasteiger charge is -2.10. The largest absolute Gasteiger partial charge is 0.481 e. The van der Waals surface area contributed by atoms with E-state index >= 15 is 0 Å². The lowest BCUT2D eigenvalue weighted by molar-refractivity contribution is -0.136. The Bertz CT molecular complexity index is 307. The molecule has 0 saturated carbocycles. The van der Waals surface area contributed by atoms with E-state index in [0.29, 0.717) is 12.5 Å². The van der Waals surface area contributed by atoms with E-state index in [1.165, 1.54) is 11.8 Å². The van der Waals surface area contributed by atoms with Gasteiger partial charge in [0.2, 0.25) is 5.91 Å². The standard InChI is InChI=1S/C11H20N2O4S/c1-7(2)5-12-11(17)13-9(14)6-18-8(3)4-10(15)16/h7-8H,4-6H2,1-3H3,(H,15,16)(H2,12,13,14,17). The van der Waals surface area contributed by atoms with Gasteiger partial charge in [0.15, 0.2) is 0 Å². The maximum Gasteiger partial charge on any atom is 0.321 e. The first kappa shape index (κ1) is 16.8. The van der Waals surface area contributed by atoms with Gasteiger partial charge in [0, 0.05) is 11.8 Å². The zero-order valence-electron chi connectivity index (χ0n) is 10.9. The Morgan fingerprint density at radius 3 is 2.33 bits per heavy atom. The number of imide groups is 1. The summed E-state index contributed by atoms with van der Waals surface area (Å²) in [5.41, 5.74) is 0. The van der Waals surface area contributed by atoms with Gasteiger partial charge in [-0.25, -0.2) is 4.79 Å². The molecule has 0 aromatic heterocycles. The van der Waals surface area contributed by atoms with E-state index < -0.39 is 17.9 Å². The quantitative estimate of drug-likeness (QED) is 0.646. The third-order valence-electron chi connectivity index (χ3n) is 1.88. The number of thioether (sulfide) groups is 1. The Morgan fingerprint density at radius 1 is 1.22 bits per heavy atom. The highest BCUT2D eigenvalue weighted by molar-refractivity contribution is 8.00. The normalized spacial score (nSPS) is 12.0. The fourth-order valence-corrected chi connectivity index (χ4v) is 1.79. The van der Waals surface area contributed by atoms with E-state index in [1.54, 1.807) is 6.92 Å².